The van der Waals surface area contributed by atoms with Crippen molar-refractivity contribution in [3.63, 3.8) is 0 Å². The summed E-state index contributed by atoms with van der Waals surface area (Å²) < 4.78 is 13.2. The molecule has 0 bridgehead atoms. The van der Waals surface area contributed by atoms with E-state index in [4.69, 9.17) is 4.74 Å². The van der Waals surface area contributed by atoms with Crippen molar-refractivity contribution in [2.24, 2.45) is 7.05 Å². The van der Waals surface area contributed by atoms with Gasteiger partial charge in [0, 0.05) is 25.6 Å². The number of ether oxygens (including phenoxy) is 2. The lowest BCUT2D eigenvalue weighted by atomic mass is 10.0. The Morgan fingerprint density at radius 2 is 1.90 bits per heavy atom. The van der Waals surface area contributed by atoms with Gasteiger partial charge in [-0.15, -0.1) is 0 Å². The van der Waals surface area contributed by atoms with Gasteiger partial charge in [-0.3, -0.25) is 18.7 Å². The summed E-state index contributed by atoms with van der Waals surface area (Å²) in [5.74, 6) is 0.521. The van der Waals surface area contributed by atoms with E-state index >= 15 is 0 Å². The van der Waals surface area contributed by atoms with Gasteiger partial charge in [0.15, 0.2) is 0 Å². The molecule has 0 atom stereocenters. The Bertz CT molecular complexity index is 1150. The van der Waals surface area contributed by atoms with Crippen LogP contribution in [0.25, 0.3) is 11.0 Å². The van der Waals surface area contributed by atoms with E-state index in [2.05, 4.69) is 9.72 Å². The normalized spacial score (nSPS) is 11.1. The molecule has 0 aliphatic carbocycles. The fourth-order valence-electron chi connectivity index (χ4n) is 3.38. The molecule has 2 heterocycles. The van der Waals surface area contributed by atoms with Gasteiger partial charge in [-0.1, -0.05) is 30.3 Å². The van der Waals surface area contributed by atoms with Gasteiger partial charge < -0.3 is 9.47 Å². The molecule has 158 valence electrons. The molecule has 0 unspecified atom stereocenters. The van der Waals surface area contributed by atoms with Gasteiger partial charge in [0.2, 0.25) is 0 Å². The van der Waals surface area contributed by atoms with Gasteiger partial charge in [0.1, 0.15) is 11.4 Å². The van der Waals surface area contributed by atoms with Crippen LogP contribution in [0.2, 0.25) is 0 Å². The standard InChI is InChI=1S/C22H25N3O5/c1-15(2)30-18-13-23-20-19(17(18)12-16-8-5-4-6-9-16)21(27)25(22(28)24(20)3)10-7-11-29-14-26/h4-6,8-9,13-15H,7,10-12H2,1-3H3. The molecule has 0 spiro atoms. The fourth-order valence-corrected chi connectivity index (χ4v) is 3.38. The first-order chi connectivity index (χ1) is 14.4. The van der Waals surface area contributed by atoms with Gasteiger partial charge in [0.25, 0.3) is 12.0 Å². The molecule has 0 saturated carbocycles. The average Bonchev–Trinajstić information content (AvgIpc) is 2.73. The summed E-state index contributed by atoms with van der Waals surface area (Å²) in [5.41, 5.74) is 1.13. The Morgan fingerprint density at radius 1 is 1.17 bits per heavy atom. The second kappa shape index (κ2) is 9.39. The molecule has 0 amide bonds. The maximum Gasteiger partial charge on any atom is 0.332 e. The van der Waals surface area contributed by atoms with E-state index in [0.29, 0.717) is 41.7 Å². The maximum atomic E-state index is 13.4. The lowest BCUT2D eigenvalue weighted by molar-refractivity contribution is -0.128. The summed E-state index contributed by atoms with van der Waals surface area (Å²) in [4.78, 5) is 40.8. The number of benzene rings is 1. The Labute approximate surface area is 173 Å². The molecular formula is C22H25N3O5. The Morgan fingerprint density at radius 3 is 2.57 bits per heavy atom. The number of nitrogens with zero attached hydrogens (tertiary/aromatic N) is 3. The first-order valence-corrected chi connectivity index (χ1v) is 9.81. The number of hydrogen-bond donors (Lipinski definition) is 0. The minimum Gasteiger partial charge on any atom is -0.489 e. The molecule has 0 N–H and O–H groups in total. The van der Waals surface area contributed by atoms with Crippen LogP contribution in [0.3, 0.4) is 0 Å². The third-order valence-corrected chi connectivity index (χ3v) is 4.72. The van der Waals surface area contributed by atoms with Crippen molar-refractivity contribution in [1.82, 2.24) is 14.1 Å². The average molecular weight is 411 g/mol. The molecule has 0 aliphatic rings. The quantitative estimate of drug-likeness (QED) is 0.395. The number of carbonyl (C=O) groups is 1. The number of fused-ring (bicyclic) bond motifs is 1. The van der Waals surface area contributed by atoms with Crippen molar-refractivity contribution in [2.45, 2.75) is 39.3 Å². The Hall–Kier alpha value is -3.42. The summed E-state index contributed by atoms with van der Waals surface area (Å²) in [7, 11) is 1.59. The summed E-state index contributed by atoms with van der Waals surface area (Å²) in [6.07, 6.45) is 2.28. The van der Waals surface area contributed by atoms with E-state index < -0.39 is 11.2 Å². The van der Waals surface area contributed by atoms with E-state index in [9.17, 15) is 14.4 Å². The van der Waals surface area contributed by atoms with Gasteiger partial charge in [-0.2, -0.15) is 0 Å². The van der Waals surface area contributed by atoms with Gasteiger partial charge in [-0.25, -0.2) is 9.78 Å². The molecule has 0 saturated heterocycles. The van der Waals surface area contributed by atoms with Gasteiger partial charge in [-0.05, 0) is 25.8 Å². The second-order valence-electron chi connectivity index (χ2n) is 7.25. The van der Waals surface area contributed by atoms with Crippen molar-refractivity contribution >= 4 is 17.5 Å². The molecule has 8 heteroatoms. The van der Waals surface area contributed by atoms with Crippen LogP contribution < -0.4 is 16.0 Å². The minimum atomic E-state index is -0.464. The largest absolute Gasteiger partial charge is 0.489 e. The zero-order valence-corrected chi connectivity index (χ0v) is 17.3. The summed E-state index contributed by atoms with van der Waals surface area (Å²) in [6, 6.07) is 9.74. The van der Waals surface area contributed by atoms with E-state index in [-0.39, 0.29) is 19.3 Å². The fraction of sp³-hybridized carbons (Fsp3) is 0.364. The maximum absolute atomic E-state index is 13.4. The highest BCUT2D eigenvalue weighted by atomic mass is 16.5. The van der Waals surface area contributed by atoms with Crippen LogP contribution in [0.15, 0.2) is 46.1 Å². The van der Waals surface area contributed by atoms with Crippen LogP contribution in [-0.2, 0) is 29.5 Å². The molecule has 30 heavy (non-hydrogen) atoms. The molecular weight excluding hydrogens is 386 g/mol. The predicted octanol–water partition coefficient (Wildman–Crippen LogP) is 2.04. The van der Waals surface area contributed by atoms with E-state index in [1.807, 2.05) is 44.2 Å². The molecule has 2 aromatic heterocycles. The first-order valence-electron chi connectivity index (χ1n) is 9.81. The first kappa shape index (κ1) is 21.3. The molecule has 0 aliphatic heterocycles. The van der Waals surface area contributed by atoms with Crippen LogP contribution in [0.5, 0.6) is 5.75 Å². The summed E-state index contributed by atoms with van der Waals surface area (Å²) in [6.45, 7) is 4.42. The number of hydrogen-bond acceptors (Lipinski definition) is 6. The topological polar surface area (TPSA) is 92.4 Å². The minimum absolute atomic E-state index is 0.103. The van der Waals surface area contributed by atoms with Crippen LogP contribution in [0.4, 0.5) is 0 Å². The third-order valence-electron chi connectivity index (χ3n) is 4.72. The number of rotatable bonds is 9. The van der Waals surface area contributed by atoms with E-state index in [1.165, 1.54) is 4.57 Å². The van der Waals surface area contributed by atoms with Gasteiger partial charge >= 0.3 is 5.69 Å². The van der Waals surface area contributed by atoms with Crippen molar-refractivity contribution in [3.05, 3.63) is 68.5 Å². The van der Waals surface area contributed by atoms with Crippen LogP contribution in [0, 0.1) is 0 Å². The molecule has 3 aromatic rings. The van der Waals surface area contributed by atoms with E-state index in [1.54, 1.807) is 13.2 Å². The Kier molecular flexibility index (Phi) is 6.66. The highest BCUT2D eigenvalue weighted by Crippen LogP contribution is 2.27. The number of aromatic nitrogens is 3. The zero-order valence-electron chi connectivity index (χ0n) is 17.3. The smallest absolute Gasteiger partial charge is 0.332 e. The molecule has 3 rings (SSSR count). The van der Waals surface area contributed by atoms with Crippen LogP contribution in [0.1, 0.15) is 31.4 Å². The summed E-state index contributed by atoms with van der Waals surface area (Å²) >= 11 is 0. The summed E-state index contributed by atoms with van der Waals surface area (Å²) in [5, 5.41) is 0.357. The zero-order chi connectivity index (χ0) is 21.7. The van der Waals surface area contributed by atoms with Crippen LogP contribution >= 0.6 is 0 Å². The number of pyridine rings is 1. The Balaban J connectivity index is 2.22. The van der Waals surface area contributed by atoms with Crippen LogP contribution in [-0.4, -0.2) is 33.3 Å². The lowest BCUT2D eigenvalue weighted by Gasteiger charge is -2.18. The molecule has 1 aromatic carbocycles. The SMILES string of the molecule is CC(C)Oc1cnc2c(c1Cc1ccccc1)c(=O)n(CCCOC=O)c(=O)n2C. The van der Waals surface area contributed by atoms with Crippen molar-refractivity contribution in [2.75, 3.05) is 6.61 Å². The van der Waals surface area contributed by atoms with Crippen molar-refractivity contribution in [1.29, 1.82) is 0 Å². The predicted molar refractivity (Wildman–Crippen MR) is 113 cm³/mol. The third kappa shape index (κ3) is 4.42. The highest BCUT2D eigenvalue weighted by molar-refractivity contribution is 5.81. The second-order valence-corrected chi connectivity index (χ2v) is 7.25. The van der Waals surface area contributed by atoms with Gasteiger partial charge in [0.05, 0.1) is 24.3 Å². The lowest BCUT2D eigenvalue weighted by Crippen LogP contribution is -2.40. The monoisotopic (exact) mass is 411 g/mol. The highest BCUT2D eigenvalue weighted by Gasteiger charge is 2.20. The molecule has 8 nitrogen and oxygen atoms in total. The number of carbonyl (C=O) groups excluding carboxylic acids is 1. The van der Waals surface area contributed by atoms with Crippen molar-refractivity contribution in [3.8, 4) is 5.75 Å². The molecule has 0 fully saturated rings. The molecule has 0 radical (unpaired) electrons. The number of aryl methyl sites for hydroxylation is 1. The van der Waals surface area contributed by atoms with Crippen molar-refractivity contribution < 1.29 is 14.3 Å². The van der Waals surface area contributed by atoms with E-state index in [0.717, 1.165) is 10.1 Å².